The van der Waals surface area contributed by atoms with Gasteiger partial charge in [0.2, 0.25) is 5.91 Å². The molecular weight excluding hydrogens is 661 g/mol. The summed E-state index contributed by atoms with van der Waals surface area (Å²) in [4.78, 5) is 39.5. The number of aromatic nitrogens is 2. The number of nitriles is 1. The maximum atomic E-state index is 15.4. The molecule has 2 aliphatic rings. The first-order valence-electron chi connectivity index (χ1n) is 14.4. The van der Waals surface area contributed by atoms with E-state index in [2.05, 4.69) is 22.6 Å². The Hall–Kier alpha value is -3.98. The summed E-state index contributed by atoms with van der Waals surface area (Å²) in [5.74, 6) is -4.63. The van der Waals surface area contributed by atoms with Crippen LogP contribution in [0.4, 0.5) is 14.5 Å². The fourth-order valence-electron chi connectivity index (χ4n) is 6.17. The molecule has 5 rings (SSSR count). The Morgan fingerprint density at radius 1 is 1.20 bits per heavy atom. The highest BCUT2D eigenvalue weighted by atomic mass is 35.5. The summed E-state index contributed by atoms with van der Waals surface area (Å²) in [5, 5.41) is 19.8. The number of allylic oxidation sites excluding steroid dienone is 1. The van der Waals surface area contributed by atoms with Crippen LogP contribution in [0.25, 0.3) is 22.3 Å². The van der Waals surface area contributed by atoms with Crippen molar-refractivity contribution in [2.75, 3.05) is 24.5 Å². The van der Waals surface area contributed by atoms with E-state index in [-0.39, 0.29) is 70.7 Å². The Balaban J connectivity index is 1.89. The number of halogens is 5. The van der Waals surface area contributed by atoms with Crippen LogP contribution < -0.4 is 10.5 Å². The normalized spacial score (nSPS) is 19.8. The van der Waals surface area contributed by atoms with Crippen LogP contribution in [0.3, 0.4) is 0 Å². The minimum absolute atomic E-state index is 0.0126. The van der Waals surface area contributed by atoms with E-state index in [4.69, 9.17) is 34.8 Å². The van der Waals surface area contributed by atoms with Gasteiger partial charge in [0.1, 0.15) is 33.1 Å². The van der Waals surface area contributed by atoms with E-state index in [9.17, 15) is 24.3 Å². The van der Waals surface area contributed by atoms with Gasteiger partial charge in [-0.05, 0) is 25.0 Å². The van der Waals surface area contributed by atoms with Crippen LogP contribution in [0, 0.1) is 34.8 Å². The van der Waals surface area contributed by atoms with Gasteiger partial charge in [-0.2, -0.15) is 5.26 Å². The lowest BCUT2D eigenvalue weighted by Gasteiger charge is -2.41. The first kappa shape index (κ1) is 33.4. The highest BCUT2D eigenvalue weighted by Gasteiger charge is 2.36. The van der Waals surface area contributed by atoms with Gasteiger partial charge in [-0.15, -0.1) is 0 Å². The van der Waals surface area contributed by atoms with Gasteiger partial charge in [0, 0.05) is 48.9 Å². The van der Waals surface area contributed by atoms with Gasteiger partial charge in [0.25, 0.3) is 5.56 Å². The molecule has 1 amide bonds. The number of aromatic hydroxyl groups is 1. The molecule has 2 aromatic heterocycles. The van der Waals surface area contributed by atoms with Gasteiger partial charge < -0.3 is 14.9 Å². The first-order valence-corrected chi connectivity index (χ1v) is 15.5. The molecule has 1 saturated heterocycles. The smallest absolute Gasteiger partial charge is 0.272 e. The van der Waals surface area contributed by atoms with E-state index in [1.165, 1.54) is 16.7 Å². The Kier molecular flexibility index (Phi) is 9.19. The molecule has 1 fully saturated rings. The minimum Gasteiger partial charge on any atom is -0.506 e. The van der Waals surface area contributed by atoms with E-state index in [1.54, 1.807) is 16.0 Å². The zero-order valence-corrected chi connectivity index (χ0v) is 27.6. The van der Waals surface area contributed by atoms with E-state index in [0.717, 1.165) is 0 Å². The number of nitrogens with zero attached hydrogens (tertiary/aromatic N) is 6. The van der Waals surface area contributed by atoms with Crippen LogP contribution >= 0.6 is 34.8 Å². The monoisotopic (exact) mass is 688 g/mol. The third-order valence-electron chi connectivity index (χ3n) is 8.39. The SMILES string of the molecule is C=CC(=O)N1CCN(c2c(C#N)c(=O)n(C3C(C(C)C)=NC=CC3C)c3nc(-c4c(O)c(Cl)c(Cl)c(F)c4F)c(Cl)cc23)C[C@H]1C. The van der Waals surface area contributed by atoms with Crippen LogP contribution in [0.1, 0.15) is 39.3 Å². The summed E-state index contributed by atoms with van der Waals surface area (Å²) < 4.78 is 31.6. The van der Waals surface area contributed by atoms with Crippen molar-refractivity contribution in [1.29, 1.82) is 5.26 Å². The molecule has 0 spiro atoms. The molecule has 4 heterocycles. The molecule has 240 valence electrons. The van der Waals surface area contributed by atoms with Crippen molar-refractivity contribution in [3.8, 4) is 23.1 Å². The highest BCUT2D eigenvalue weighted by Crippen LogP contribution is 2.46. The van der Waals surface area contributed by atoms with Gasteiger partial charge in [-0.1, -0.05) is 68.2 Å². The number of hydrogen-bond donors (Lipinski definition) is 1. The Labute approximate surface area is 278 Å². The molecule has 2 unspecified atom stereocenters. The van der Waals surface area contributed by atoms with Gasteiger partial charge in [-0.25, -0.2) is 13.8 Å². The lowest BCUT2D eigenvalue weighted by atomic mass is 9.88. The molecule has 14 heteroatoms. The van der Waals surface area contributed by atoms with Gasteiger partial charge in [0.15, 0.2) is 11.6 Å². The number of phenolic OH excluding ortho intramolecular Hbond substituents is 1. The molecule has 3 atom stereocenters. The minimum atomic E-state index is -1.54. The summed E-state index contributed by atoms with van der Waals surface area (Å²) in [6.07, 6.45) is 4.68. The average Bonchev–Trinajstić information content (AvgIpc) is 3.02. The van der Waals surface area contributed by atoms with Crippen molar-refractivity contribution in [3.63, 3.8) is 0 Å². The molecule has 1 aromatic carbocycles. The second-order valence-corrected chi connectivity index (χ2v) is 12.7. The third-order valence-corrected chi connectivity index (χ3v) is 9.49. The van der Waals surface area contributed by atoms with Crippen LogP contribution in [0.2, 0.25) is 15.1 Å². The molecule has 0 saturated carbocycles. The predicted molar refractivity (Wildman–Crippen MR) is 176 cm³/mol. The molecule has 46 heavy (non-hydrogen) atoms. The van der Waals surface area contributed by atoms with Crippen LogP contribution in [-0.2, 0) is 4.79 Å². The summed E-state index contributed by atoms with van der Waals surface area (Å²) in [6.45, 7) is 11.9. The number of benzene rings is 1. The quantitative estimate of drug-likeness (QED) is 0.177. The molecule has 3 aromatic rings. The number of carbonyl (C=O) groups excluding carboxylic acids is 1. The van der Waals surface area contributed by atoms with Crippen LogP contribution in [0.15, 0.2) is 40.8 Å². The lowest BCUT2D eigenvalue weighted by molar-refractivity contribution is -0.128. The Bertz CT molecular complexity index is 1940. The maximum Gasteiger partial charge on any atom is 0.272 e. The Morgan fingerprint density at radius 3 is 2.50 bits per heavy atom. The van der Waals surface area contributed by atoms with Crippen molar-refractivity contribution >= 4 is 63.1 Å². The largest absolute Gasteiger partial charge is 0.506 e. The third kappa shape index (κ3) is 5.32. The first-order chi connectivity index (χ1) is 21.7. The van der Waals surface area contributed by atoms with E-state index >= 15 is 4.39 Å². The van der Waals surface area contributed by atoms with Gasteiger partial charge >= 0.3 is 0 Å². The fraction of sp³-hybridized carbons (Fsp3) is 0.344. The number of hydrogen-bond acceptors (Lipinski definition) is 7. The van der Waals surface area contributed by atoms with Crippen molar-refractivity contribution in [3.05, 3.63) is 73.6 Å². The molecule has 0 bridgehead atoms. The fourth-order valence-corrected chi connectivity index (χ4v) is 6.76. The molecule has 1 N–H and O–H groups in total. The summed E-state index contributed by atoms with van der Waals surface area (Å²) in [7, 11) is 0. The number of piperazine rings is 1. The van der Waals surface area contributed by atoms with Crippen LogP contribution in [-0.4, -0.2) is 56.9 Å². The summed E-state index contributed by atoms with van der Waals surface area (Å²) in [5.41, 5.74) is -1.17. The number of fused-ring (bicyclic) bond motifs is 1. The van der Waals surface area contributed by atoms with Crippen molar-refractivity contribution in [2.24, 2.45) is 16.8 Å². The van der Waals surface area contributed by atoms with Gasteiger partial charge in [0.05, 0.1) is 28.0 Å². The topological polar surface area (TPSA) is 115 Å². The van der Waals surface area contributed by atoms with Crippen molar-refractivity contribution in [2.45, 2.75) is 39.8 Å². The van der Waals surface area contributed by atoms with E-state index < -0.39 is 50.3 Å². The molecule has 9 nitrogen and oxygen atoms in total. The number of rotatable bonds is 5. The number of carbonyl (C=O) groups is 1. The Morgan fingerprint density at radius 2 is 1.89 bits per heavy atom. The molecule has 0 aliphatic carbocycles. The number of anilines is 1. The number of amides is 1. The molecule has 0 radical (unpaired) electrons. The average molecular weight is 690 g/mol. The molecular formula is C32H29Cl3F2N6O3. The number of pyridine rings is 2. The molecule has 2 aliphatic heterocycles. The lowest BCUT2D eigenvalue weighted by Crippen LogP contribution is -2.54. The summed E-state index contributed by atoms with van der Waals surface area (Å²) in [6, 6.07) is 2.43. The standard InChI is InChI=1S/C32H29Cl3F2N6O3/c1-6-20(44)42-10-9-41(13-16(42)5)29-17-11-19(33)27(21-24(36)25(37)22(34)23(35)30(21)45)40-31(17)43(32(46)18(29)12-38)28-15(4)7-8-39-26(28)14(2)3/h6-8,11,14-16,28,45H,1,9-10,13H2,2-5H3/t15?,16-,28?/m1/s1. The van der Waals surface area contributed by atoms with Crippen molar-refractivity contribution in [1.82, 2.24) is 14.5 Å². The number of aliphatic imine (C=N–C) groups is 1. The van der Waals surface area contributed by atoms with E-state index in [1.807, 2.05) is 33.8 Å². The number of phenols is 1. The van der Waals surface area contributed by atoms with Crippen LogP contribution in [0.5, 0.6) is 5.75 Å². The van der Waals surface area contributed by atoms with Crippen molar-refractivity contribution < 1.29 is 18.7 Å². The second kappa shape index (κ2) is 12.7. The highest BCUT2D eigenvalue weighted by molar-refractivity contribution is 6.43. The predicted octanol–water partition coefficient (Wildman–Crippen LogP) is 6.90. The second-order valence-electron chi connectivity index (χ2n) is 11.6. The summed E-state index contributed by atoms with van der Waals surface area (Å²) >= 11 is 18.5. The maximum absolute atomic E-state index is 15.4. The zero-order chi connectivity index (χ0) is 33.8. The van der Waals surface area contributed by atoms with E-state index in [0.29, 0.717) is 5.71 Å². The van der Waals surface area contributed by atoms with Gasteiger partial charge in [-0.3, -0.25) is 19.1 Å². The zero-order valence-electron chi connectivity index (χ0n) is 25.3.